The average molecular weight is 356 g/mol. The molecule has 0 unspecified atom stereocenters. The number of hydrogen-bond acceptors (Lipinski definition) is 8. The lowest BCUT2D eigenvalue weighted by atomic mass is 10.2. The zero-order valence-corrected chi connectivity index (χ0v) is 15.0. The number of fused-ring (bicyclic) bond motifs is 1. The summed E-state index contributed by atoms with van der Waals surface area (Å²) in [5, 5.41) is 3.80. The third-order valence-electron chi connectivity index (χ3n) is 3.84. The van der Waals surface area contributed by atoms with Gasteiger partial charge in [0.25, 0.3) is 0 Å². The Balaban J connectivity index is 2.03. The Morgan fingerprint density at radius 3 is 1.96 bits per heavy atom. The standard InChI is InChI=1S/C18H20N4O4/c1-23-11-5-10(6-12(7-11)24-2)20-18-21-14-9-16(26-4)15(25-3)8-13(14)17(19)22-18/h5-9H,1-4H3,(H3,19,20,21,22). The molecule has 0 saturated heterocycles. The minimum absolute atomic E-state index is 0.327. The van der Waals surface area contributed by atoms with Crippen molar-refractivity contribution in [3.05, 3.63) is 30.3 Å². The van der Waals surface area contributed by atoms with Gasteiger partial charge in [0.05, 0.1) is 34.0 Å². The molecular weight excluding hydrogens is 336 g/mol. The first-order valence-corrected chi connectivity index (χ1v) is 7.77. The lowest BCUT2D eigenvalue weighted by molar-refractivity contribution is 0.356. The number of aromatic nitrogens is 2. The summed E-state index contributed by atoms with van der Waals surface area (Å²) in [6.45, 7) is 0. The van der Waals surface area contributed by atoms with Gasteiger partial charge in [0.2, 0.25) is 5.95 Å². The molecule has 0 aliphatic carbocycles. The number of nitrogens with two attached hydrogens (primary N) is 1. The number of anilines is 3. The molecule has 0 aliphatic rings. The van der Waals surface area contributed by atoms with Gasteiger partial charge in [-0.25, -0.2) is 4.98 Å². The van der Waals surface area contributed by atoms with Gasteiger partial charge in [0, 0.05) is 35.3 Å². The first-order chi connectivity index (χ1) is 12.6. The van der Waals surface area contributed by atoms with Gasteiger partial charge in [-0.3, -0.25) is 0 Å². The van der Waals surface area contributed by atoms with E-state index in [1.54, 1.807) is 58.8 Å². The zero-order valence-electron chi connectivity index (χ0n) is 15.0. The van der Waals surface area contributed by atoms with Crippen LogP contribution >= 0.6 is 0 Å². The van der Waals surface area contributed by atoms with Gasteiger partial charge in [-0.1, -0.05) is 0 Å². The van der Waals surface area contributed by atoms with E-state index in [2.05, 4.69) is 15.3 Å². The van der Waals surface area contributed by atoms with Crippen molar-refractivity contribution in [3.63, 3.8) is 0 Å². The number of hydrogen-bond donors (Lipinski definition) is 2. The lowest BCUT2D eigenvalue weighted by Crippen LogP contribution is -2.03. The zero-order chi connectivity index (χ0) is 18.7. The molecule has 3 rings (SSSR count). The number of nitrogens with one attached hydrogen (secondary N) is 1. The molecule has 0 saturated carbocycles. The van der Waals surface area contributed by atoms with E-state index >= 15 is 0 Å². The van der Waals surface area contributed by atoms with E-state index in [-0.39, 0.29) is 0 Å². The first-order valence-electron chi connectivity index (χ1n) is 7.77. The van der Waals surface area contributed by atoms with E-state index in [1.807, 2.05) is 0 Å². The summed E-state index contributed by atoms with van der Waals surface area (Å²) in [4.78, 5) is 8.82. The Labute approximate surface area is 150 Å². The molecular formula is C18H20N4O4. The second-order valence-electron chi connectivity index (χ2n) is 5.38. The van der Waals surface area contributed by atoms with Crippen molar-refractivity contribution in [1.29, 1.82) is 0 Å². The van der Waals surface area contributed by atoms with Crippen LogP contribution in [0.1, 0.15) is 0 Å². The molecule has 1 heterocycles. The first kappa shape index (κ1) is 17.4. The highest BCUT2D eigenvalue weighted by molar-refractivity contribution is 5.92. The highest BCUT2D eigenvalue weighted by Crippen LogP contribution is 2.34. The smallest absolute Gasteiger partial charge is 0.229 e. The maximum atomic E-state index is 6.10. The van der Waals surface area contributed by atoms with Crippen LogP contribution in [0.4, 0.5) is 17.5 Å². The summed E-state index contributed by atoms with van der Waals surface area (Å²) in [7, 11) is 6.30. The molecule has 8 nitrogen and oxygen atoms in total. The van der Waals surface area contributed by atoms with E-state index in [4.69, 9.17) is 24.7 Å². The van der Waals surface area contributed by atoms with E-state index in [0.717, 1.165) is 0 Å². The van der Waals surface area contributed by atoms with Gasteiger partial charge in [-0.2, -0.15) is 4.98 Å². The predicted octanol–water partition coefficient (Wildman–Crippen LogP) is 2.99. The maximum Gasteiger partial charge on any atom is 0.229 e. The van der Waals surface area contributed by atoms with Crippen molar-refractivity contribution in [1.82, 2.24) is 9.97 Å². The van der Waals surface area contributed by atoms with Crippen LogP contribution < -0.4 is 30.0 Å². The van der Waals surface area contributed by atoms with Crippen molar-refractivity contribution in [2.75, 3.05) is 39.5 Å². The van der Waals surface area contributed by atoms with Gasteiger partial charge < -0.3 is 30.0 Å². The largest absolute Gasteiger partial charge is 0.497 e. The van der Waals surface area contributed by atoms with E-state index < -0.39 is 0 Å². The predicted molar refractivity (Wildman–Crippen MR) is 99.9 cm³/mol. The fraction of sp³-hybridized carbons (Fsp3) is 0.222. The van der Waals surface area contributed by atoms with Crippen LogP contribution in [0.3, 0.4) is 0 Å². The minimum Gasteiger partial charge on any atom is -0.497 e. The van der Waals surface area contributed by atoms with Crippen molar-refractivity contribution in [3.8, 4) is 23.0 Å². The number of nitrogen functional groups attached to an aromatic ring is 1. The van der Waals surface area contributed by atoms with Crippen molar-refractivity contribution < 1.29 is 18.9 Å². The van der Waals surface area contributed by atoms with Crippen LogP contribution in [0.5, 0.6) is 23.0 Å². The average Bonchev–Trinajstić information content (AvgIpc) is 2.66. The Hall–Kier alpha value is -3.42. The Kier molecular flexibility index (Phi) is 4.83. The van der Waals surface area contributed by atoms with Gasteiger partial charge in [0.15, 0.2) is 11.5 Å². The van der Waals surface area contributed by atoms with Crippen LogP contribution in [-0.4, -0.2) is 38.4 Å². The summed E-state index contributed by atoms with van der Waals surface area (Å²) in [5.74, 6) is 3.09. The van der Waals surface area contributed by atoms with E-state index in [0.29, 0.717) is 51.4 Å². The van der Waals surface area contributed by atoms with Crippen LogP contribution in [-0.2, 0) is 0 Å². The fourth-order valence-electron chi connectivity index (χ4n) is 2.54. The third-order valence-corrected chi connectivity index (χ3v) is 3.84. The molecule has 0 atom stereocenters. The molecule has 1 aromatic heterocycles. The highest BCUT2D eigenvalue weighted by Gasteiger charge is 2.12. The number of nitrogens with zero attached hydrogens (tertiary/aromatic N) is 2. The lowest BCUT2D eigenvalue weighted by Gasteiger charge is -2.12. The van der Waals surface area contributed by atoms with E-state index in [1.165, 1.54) is 0 Å². The van der Waals surface area contributed by atoms with Crippen molar-refractivity contribution >= 4 is 28.4 Å². The summed E-state index contributed by atoms with van der Waals surface area (Å²) in [5.41, 5.74) is 7.44. The molecule has 136 valence electrons. The van der Waals surface area contributed by atoms with Crippen LogP contribution in [0.25, 0.3) is 10.9 Å². The third kappa shape index (κ3) is 3.34. The Bertz CT molecular complexity index is 924. The Morgan fingerprint density at radius 2 is 1.38 bits per heavy atom. The van der Waals surface area contributed by atoms with E-state index in [9.17, 15) is 0 Å². The van der Waals surface area contributed by atoms with Crippen molar-refractivity contribution in [2.24, 2.45) is 0 Å². The second kappa shape index (κ2) is 7.22. The molecule has 3 aromatic rings. The summed E-state index contributed by atoms with van der Waals surface area (Å²) < 4.78 is 21.2. The molecule has 0 radical (unpaired) electrons. The summed E-state index contributed by atoms with van der Waals surface area (Å²) in [6.07, 6.45) is 0. The van der Waals surface area contributed by atoms with Crippen LogP contribution in [0.15, 0.2) is 30.3 Å². The summed E-state index contributed by atoms with van der Waals surface area (Å²) >= 11 is 0. The van der Waals surface area contributed by atoms with Gasteiger partial charge in [0.1, 0.15) is 17.3 Å². The Morgan fingerprint density at radius 1 is 0.769 bits per heavy atom. The van der Waals surface area contributed by atoms with Crippen LogP contribution in [0.2, 0.25) is 0 Å². The number of methoxy groups -OCH3 is 4. The fourth-order valence-corrected chi connectivity index (χ4v) is 2.54. The molecule has 3 N–H and O–H groups in total. The molecule has 0 fully saturated rings. The molecule has 0 aliphatic heterocycles. The molecule has 0 spiro atoms. The molecule has 8 heteroatoms. The highest BCUT2D eigenvalue weighted by atomic mass is 16.5. The molecule has 2 aromatic carbocycles. The number of ether oxygens (including phenoxy) is 4. The number of rotatable bonds is 6. The second-order valence-corrected chi connectivity index (χ2v) is 5.38. The molecule has 0 bridgehead atoms. The van der Waals surface area contributed by atoms with Crippen molar-refractivity contribution in [2.45, 2.75) is 0 Å². The normalized spacial score (nSPS) is 10.5. The maximum absolute atomic E-state index is 6.10. The van der Waals surface area contributed by atoms with Gasteiger partial charge in [-0.15, -0.1) is 0 Å². The van der Waals surface area contributed by atoms with Gasteiger partial charge in [-0.05, 0) is 6.07 Å². The topological polar surface area (TPSA) is 101 Å². The SMILES string of the molecule is COc1cc(Nc2nc(N)c3cc(OC)c(OC)cc3n2)cc(OC)c1. The summed E-state index contributed by atoms with van der Waals surface area (Å²) in [6, 6.07) is 8.89. The monoisotopic (exact) mass is 356 g/mol. The molecule has 0 amide bonds. The molecule has 26 heavy (non-hydrogen) atoms. The number of benzene rings is 2. The van der Waals surface area contributed by atoms with Crippen LogP contribution in [0, 0.1) is 0 Å². The van der Waals surface area contributed by atoms with Gasteiger partial charge >= 0.3 is 0 Å². The quantitative estimate of drug-likeness (QED) is 0.695. The minimum atomic E-state index is 0.327.